The third-order valence-corrected chi connectivity index (χ3v) is 5.10. The molecule has 0 fully saturated rings. The molecule has 0 bridgehead atoms. The minimum Gasteiger partial charge on any atom is -0.345 e. The highest BCUT2D eigenvalue weighted by molar-refractivity contribution is 7.99. The van der Waals surface area contributed by atoms with Crippen LogP contribution in [0.4, 0.5) is 5.69 Å². The molecule has 0 amide bonds. The summed E-state index contributed by atoms with van der Waals surface area (Å²) in [6.07, 6.45) is 1.73. The molecule has 27 heavy (non-hydrogen) atoms. The number of hydrogen-bond acceptors (Lipinski definition) is 8. The molecule has 0 radical (unpaired) electrons. The average Bonchev–Trinajstić information content (AvgIpc) is 3.24. The SMILES string of the molecule is N#CC(C#N)=C(C#N)Nc1ccc(Sc2nccc(-c3cccs3)n2)cc1. The molecule has 1 aromatic carbocycles. The van der Waals surface area contributed by atoms with Crippen molar-refractivity contribution in [3.8, 4) is 28.8 Å². The first-order valence-corrected chi connectivity index (χ1v) is 9.29. The number of benzene rings is 1. The van der Waals surface area contributed by atoms with Gasteiger partial charge in [-0.25, -0.2) is 9.97 Å². The zero-order valence-corrected chi connectivity index (χ0v) is 15.4. The quantitative estimate of drug-likeness (QED) is 0.504. The molecule has 0 aliphatic heterocycles. The Morgan fingerprint density at radius 3 is 2.41 bits per heavy atom. The Morgan fingerprint density at radius 2 is 1.78 bits per heavy atom. The fraction of sp³-hybridized carbons (Fsp3) is 0. The number of nitriles is 3. The summed E-state index contributed by atoms with van der Waals surface area (Å²) in [6.45, 7) is 0. The summed E-state index contributed by atoms with van der Waals surface area (Å²) in [5, 5.41) is 32.2. The van der Waals surface area contributed by atoms with Gasteiger partial charge < -0.3 is 5.32 Å². The Morgan fingerprint density at radius 1 is 1.00 bits per heavy atom. The van der Waals surface area contributed by atoms with Crippen molar-refractivity contribution in [2.75, 3.05) is 5.32 Å². The molecule has 128 valence electrons. The number of anilines is 1. The van der Waals surface area contributed by atoms with Gasteiger partial charge in [0.05, 0.1) is 10.6 Å². The predicted octanol–water partition coefficient (Wildman–Crippen LogP) is 4.59. The van der Waals surface area contributed by atoms with E-state index < -0.39 is 0 Å². The van der Waals surface area contributed by atoms with Crippen LogP contribution in [-0.2, 0) is 0 Å². The lowest BCUT2D eigenvalue weighted by Gasteiger charge is -2.06. The van der Waals surface area contributed by atoms with Crippen LogP contribution < -0.4 is 5.32 Å². The summed E-state index contributed by atoms with van der Waals surface area (Å²) in [5.41, 5.74) is 1.15. The zero-order chi connectivity index (χ0) is 19.1. The molecule has 8 heteroatoms. The molecule has 0 unspecified atom stereocenters. The number of aromatic nitrogens is 2. The molecular weight excluding hydrogens is 376 g/mol. The van der Waals surface area contributed by atoms with Crippen molar-refractivity contribution in [2.24, 2.45) is 0 Å². The number of thiophene rings is 1. The first-order chi connectivity index (χ1) is 13.2. The number of nitrogens with zero attached hydrogens (tertiary/aromatic N) is 5. The second kappa shape index (κ2) is 8.64. The molecule has 0 atom stereocenters. The van der Waals surface area contributed by atoms with Gasteiger partial charge in [0.25, 0.3) is 0 Å². The molecule has 0 aliphatic carbocycles. The molecule has 0 aliphatic rings. The predicted molar refractivity (Wildman–Crippen MR) is 103 cm³/mol. The zero-order valence-electron chi connectivity index (χ0n) is 13.7. The van der Waals surface area contributed by atoms with Crippen LogP contribution in [0.15, 0.2) is 75.4 Å². The fourth-order valence-electron chi connectivity index (χ4n) is 2.09. The number of rotatable bonds is 5. The van der Waals surface area contributed by atoms with E-state index in [4.69, 9.17) is 15.8 Å². The molecule has 0 spiro atoms. The maximum absolute atomic E-state index is 9.08. The first kappa shape index (κ1) is 18.2. The van der Waals surface area contributed by atoms with E-state index in [9.17, 15) is 0 Å². The Hall–Kier alpha value is -3.64. The van der Waals surface area contributed by atoms with Gasteiger partial charge in [-0.1, -0.05) is 6.07 Å². The van der Waals surface area contributed by atoms with E-state index in [0.717, 1.165) is 15.5 Å². The summed E-state index contributed by atoms with van der Waals surface area (Å²) in [5.74, 6) is 0. The molecule has 3 rings (SSSR count). The van der Waals surface area contributed by atoms with E-state index in [1.54, 1.807) is 41.8 Å². The van der Waals surface area contributed by atoms with Crippen LogP contribution in [0.25, 0.3) is 10.6 Å². The Labute approximate surface area is 164 Å². The van der Waals surface area contributed by atoms with Crippen LogP contribution in [-0.4, -0.2) is 9.97 Å². The summed E-state index contributed by atoms with van der Waals surface area (Å²) in [4.78, 5) is 10.9. The van der Waals surface area contributed by atoms with E-state index in [0.29, 0.717) is 10.8 Å². The van der Waals surface area contributed by atoms with Crippen molar-refractivity contribution in [3.05, 3.63) is 65.3 Å². The van der Waals surface area contributed by atoms with Crippen molar-refractivity contribution >= 4 is 28.8 Å². The van der Waals surface area contributed by atoms with Crippen LogP contribution in [0.3, 0.4) is 0 Å². The number of allylic oxidation sites excluding steroid dienone is 2. The highest BCUT2D eigenvalue weighted by Crippen LogP contribution is 2.29. The van der Waals surface area contributed by atoms with Crippen LogP contribution in [0, 0.1) is 34.0 Å². The molecular formula is C19H10N6S2. The topological polar surface area (TPSA) is 109 Å². The average molecular weight is 386 g/mol. The lowest BCUT2D eigenvalue weighted by atomic mass is 10.2. The summed E-state index contributed by atoms with van der Waals surface area (Å²) in [6, 6.07) is 18.3. The van der Waals surface area contributed by atoms with Crippen molar-refractivity contribution in [1.29, 1.82) is 15.8 Å². The van der Waals surface area contributed by atoms with Gasteiger partial charge >= 0.3 is 0 Å². The van der Waals surface area contributed by atoms with Crippen LogP contribution >= 0.6 is 23.1 Å². The van der Waals surface area contributed by atoms with E-state index in [1.165, 1.54) is 11.8 Å². The molecule has 1 N–H and O–H groups in total. The van der Waals surface area contributed by atoms with Crippen molar-refractivity contribution in [2.45, 2.75) is 10.1 Å². The molecule has 3 aromatic rings. The van der Waals surface area contributed by atoms with Crippen LogP contribution in [0.2, 0.25) is 0 Å². The van der Waals surface area contributed by atoms with Gasteiger partial charge in [-0.15, -0.1) is 11.3 Å². The van der Waals surface area contributed by atoms with E-state index >= 15 is 0 Å². The minimum atomic E-state index is -0.255. The van der Waals surface area contributed by atoms with Gasteiger partial charge in [-0.3, -0.25) is 0 Å². The molecule has 2 heterocycles. The third kappa shape index (κ3) is 4.50. The fourth-order valence-corrected chi connectivity index (χ4v) is 3.53. The van der Waals surface area contributed by atoms with Crippen LogP contribution in [0.1, 0.15) is 0 Å². The summed E-state index contributed by atoms with van der Waals surface area (Å²) < 4.78 is 0. The Kier molecular flexibility index (Phi) is 5.81. The molecule has 0 saturated heterocycles. The lowest BCUT2D eigenvalue weighted by Crippen LogP contribution is -2.00. The molecule has 6 nitrogen and oxygen atoms in total. The monoisotopic (exact) mass is 386 g/mol. The van der Waals surface area contributed by atoms with Gasteiger partial charge in [0.15, 0.2) is 10.7 Å². The lowest BCUT2D eigenvalue weighted by molar-refractivity contribution is 0.974. The third-order valence-electron chi connectivity index (χ3n) is 3.33. The van der Waals surface area contributed by atoms with E-state index in [2.05, 4.69) is 15.3 Å². The summed E-state index contributed by atoms with van der Waals surface area (Å²) >= 11 is 3.04. The number of nitrogens with one attached hydrogen (secondary N) is 1. The van der Waals surface area contributed by atoms with Gasteiger partial charge in [0.1, 0.15) is 23.9 Å². The minimum absolute atomic E-state index is 0.0765. The van der Waals surface area contributed by atoms with Crippen LogP contribution in [0.5, 0.6) is 0 Å². The molecule has 2 aromatic heterocycles. The van der Waals surface area contributed by atoms with Gasteiger partial charge in [0.2, 0.25) is 0 Å². The number of hydrogen-bond donors (Lipinski definition) is 1. The largest absolute Gasteiger partial charge is 0.345 e. The standard InChI is InChI=1S/C19H10N6S2/c20-10-13(11-21)17(12-22)24-14-3-5-15(6-4-14)27-19-23-8-7-16(25-19)18-2-1-9-26-18/h1-9,24H. The Bertz CT molecular complexity index is 1080. The first-order valence-electron chi connectivity index (χ1n) is 7.60. The normalized spacial score (nSPS) is 9.52. The Balaban J connectivity index is 1.75. The van der Waals surface area contributed by atoms with Gasteiger partial charge in [0, 0.05) is 16.8 Å². The smallest absolute Gasteiger partial charge is 0.192 e. The van der Waals surface area contributed by atoms with Crippen molar-refractivity contribution in [3.63, 3.8) is 0 Å². The van der Waals surface area contributed by atoms with E-state index in [1.807, 2.05) is 41.8 Å². The highest BCUT2D eigenvalue weighted by atomic mass is 32.2. The maximum Gasteiger partial charge on any atom is 0.192 e. The second-order valence-corrected chi connectivity index (χ2v) is 7.03. The summed E-state index contributed by atoms with van der Waals surface area (Å²) in [7, 11) is 0. The van der Waals surface area contributed by atoms with Crippen molar-refractivity contribution in [1.82, 2.24) is 9.97 Å². The second-order valence-electron chi connectivity index (χ2n) is 5.04. The van der Waals surface area contributed by atoms with Gasteiger partial charge in [-0.05, 0) is 53.5 Å². The molecule has 0 saturated carbocycles. The van der Waals surface area contributed by atoms with Gasteiger partial charge in [-0.2, -0.15) is 15.8 Å². The highest BCUT2D eigenvalue weighted by Gasteiger charge is 2.08. The van der Waals surface area contributed by atoms with Crippen molar-refractivity contribution < 1.29 is 0 Å². The van der Waals surface area contributed by atoms with E-state index in [-0.39, 0.29) is 11.3 Å². The maximum atomic E-state index is 9.08.